The summed E-state index contributed by atoms with van der Waals surface area (Å²) in [5, 5.41) is 13.9. The summed E-state index contributed by atoms with van der Waals surface area (Å²) in [7, 11) is 1.48. The molecule has 2 rings (SSSR count). The Morgan fingerprint density at radius 1 is 1.30 bits per heavy atom. The number of benzene rings is 1. The van der Waals surface area contributed by atoms with Gasteiger partial charge in [0, 0.05) is 18.8 Å². The van der Waals surface area contributed by atoms with Crippen LogP contribution in [0, 0.1) is 0 Å². The lowest BCUT2D eigenvalue weighted by atomic mass is 10.1. The van der Waals surface area contributed by atoms with Crippen molar-refractivity contribution >= 4 is 11.9 Å². The topological polar surface area (TPSA) is 84.7 Å². The van der Waals surface area contributed by atoms with Crippen LogP contribution in [0.1, 0.15) is 45.0 Å². The van der Waals surface area contributed by atoms with Crippen LogP contribution in [0.15, 0.2) is 30.5 Å². The van der Waals surface area contributed by atoms with Crippen LogP contribution in [0.2, 0.25) is 0 Å². The van der Waals surface area contributed by atoms with Gasteiger partial charge in [0.25, 0.3) is 5.91 Å². The van der Waals surface area contributed by atoms with Crippen molar-refractivity contribution in [3.05, 3.63) is 36.0 Å². The van der Waals surface area contributed by atoms with E-state index in [-0.39, 0.29) is 5.54 Å². The molecule has 1 unspecified atom stereocenters. The zero-order chi connectivity index (χ0) is 20.4. The summed E-state index contributed by atoms with van der Waals surface area (Å²) in [6.45, 7) is 9.79. The van der Waals surface area contributed by atoms with Crippen molar-refractivity contribution in [2.75, 3.05) is 13.7 Å². The van der Waals surface area contributed by atoms with E-state index < -0.39 is 17.9 Å². The van der Waals surface area contributed by atoms with Crippen molar-refractivity contribution in [1.82, 2.24) is 14.7 Å². The fraction of sp³-hybridized carbons (Fsp3) is 0.450. The normalized spacial score (nSPS) is 12.5. The number of likely N-dealkylation sites (N-methyl/N-ethyl adjacent to an activating group) is 1. The number of carboxylic acid groups (broad SMARTS) is 1. The molecular weight excluding hydrogens is 346 g/mol. The molecule has 7 nitrogen and oxygen atoms in total. The first-order valence-corrected chi connectivity index (χ1v) is 8.90. The van der Waals surface area contributed by atoms with Gasteiger partial charge in [0.15, 0.2) is 0 Å². The molecule has 1 amide bonds. The van der Waals surface area contributed by atoms with E-state index in [1.54, 1.807) is 10.9 Å². The number of nitrogens with zero attached hydrogens (tertiary/aromatic N) is 3. The van der Waals surface area contributed by atoms with Crippen LogP contribution in [-0.4, -0.2) is 51.4 Å². The molecule has 1 atom stereocenters. The second-order valence-electron chi connectivity index (χ2n) is 7.37. The van der Waals surface area contributed by atoms with E-state index in [9.17, 15) is 14.7 Å². The molecule has 0 saturated carbocycles. The van der Waals surface area contributed by atoms with Gasteiger partial charge in [0.2, 0.25) is 0 Å². The van der Waals surface area contributed by atoms with Crippen molar-refractivity contribution in [3.63, 3.8) is 0 Å². The third kappa shape index (κ3) is 4.30. The van der Waals surface area contributed by atoms with E-state index in [0.717, 1.165) is 0 Å². The number of amides is 1. The maximum atomic E-state index is 13.1. The largest absolute Gasteiger partial charge is 0.493 e. The van der Waals surface area contributed by atoms with Crippen LogP contribution in [0.5, 0.6) is 5.75 Å². The number of aliphatic carboxylic acids is 1. The van der Waals surface area contributed by atoms with Gasteiger partial charge in [-0.3, -0.25) is 9.48 Å². The van der Waals surface area contributed by atoms with E-state index in [4.69, 9.17) is 4.74 Å². The number of hydrogen-bond acceptors (Lipinski definition) is 4. The number of aromatic nitrogens is 2. The highest BCUT2D eigenvalue weighted by Gasteiger charge is 2.29. The highest BCUT2D eigenvalue weighted by Crippen LogP contribution is 2.33. The molecule has 0 aliphatic rings. The quantitative estimate of drug-likeness (QED) is 0.840. The molecule has 27 heavy (non-hydrogen) atoms. The van der Waals surface area contributed by atoms with Gasteiger partial charge in [-0.1, -0.05) is 12.1 Å². The van der Waals surface area contributed by atoms with Crippen molar-refractivity contribution in [2.45, 2.75) is 46.2 Å². The maximum absolute atomic E-state index is 13.1. The minimum Gasteiger partial charge on any atom is -0.493 e. The first-order chi connectivity index (χ1) is 12.6. The van der Waals surface area contributed by atoms with Crippen LogP contribution in [0.3, 0.4) is 0 Å². The third-order valence-corrected chi connectivity index (χ3v) is 4.33. The van der Waals surface area contributed by atoms with Gasteiger partial charge in [0.05, 0.1) is 17.7 Å². The molecule has 0 aliphatic carbocycles. The molecule has 0 bridgehead atoms. The Labute approximate surface area is 159 Å². The van der Waals surface area contributed by atoms with Crippen molar-refractivity contribution in [2.24, 2.45) is 0 Å². The van der Waals surface area contributed by atoms with Gasteiger partial charge in [-0.25, -0.2) is 4.79 Å². The molecule has 7 heteroatoms. The number of ether oxygens (including phenoxy) is 1. The predicted molar refractivity (Wildman–Crippen MR) is 103 cm³/mol. The first-order valence-electron chi connectivity index (χ1n) is 8.90. The molecule has 0 aliphatic heterocycles. The highest BCUT2D eigenvalue weighted by atomic mass is 16.5. The lowest BCUT2D eigenvalue weighted by Crippen LogP contribution is -2.40. The summed E-state index contributed by atoms with van der Waals surface area (Å²) < 4.78 is 7.42. The van der Waals surface area contributed by atoms with Crippen LogP contribution in [0.4, 0.5) is 0 Å². The summed E-state index contributed by atoms with van der Waals surface area (Å²) in [4.78, 5) is 25.6. The summed E-state index contributed by atoms with van der Waals surface area (Å²) >= 11 is 0. The van der Waals surface area contributed by atoms with Gasteiger partial charge in [0.1, 0.15) is 17.5 Å². The van der Waals surface area contributed by atoms with E-state index >= 15 is 0 Å². The minimum absolute atomic E-state index is 0.340. The Morgan fingerprint density at radius 2 is 1.93 bits per heavy atom. The Kier molecular flexibility index (Phi) is 5.93. The lowest BCUT2D eigenvalue weighted by Gasteiger charge is -2.21. The van der Waals surface area contributed by atoms with Crippen molar-refractivity contribution in [1.29, 1.82) is 0 Å². The van der Waals surface area contributed by atoms with Crippen LogP contribution in [0.25, 0.3) is 11.3 Å². The first kappa shape index (κ1) is 20.5. The van der Waals surface area contributed by atoms with E-state index in [0.29, 0.717) is 29.2 Å². The van der Waals surface area contributed by atoms with Gasteiger partial charge in [-0.05, 0) is 46.8 Å². The number of carbonyl (C=O) groups excluding carboxylic acids is 1. The number of carboxylic acids is 1. The molecule has 2 aromatic rings. The summed E-state index contributed by atoms with van der Waals surface area (Å²) in [6, 6.07) is 6.43. The molecule has 1 N–H and O–H groups in total. The Morgan fingerprint density at radius 3 is 2.48 bits per heavy atom. The van der Waals surface area contributed by atoms with Gasteiger partial charge < -0.3 is 14.7 Å². The monoisotopic (exact) mass is 373 g/mol. The maximum Gasteiger partial charge on any atom is 0.326 e. The molecule has 1 heterocycles. The van der Waals surface area contributed by atoms with Gasteiger partial charge in [-0.15, -0.1) is 0 Å². The van der Waals surface area contributed by atoms with Crippen molar-refractivity contribution < 1.29 is 19.4 Å². The fourth-order valence-corrected chi connectivity index (χ4v) is 2.55. The van der Waals surface area contributed by atoms with Crippen LogP contribution in [-0.2, 0) is 10.3 Å². The molecule has 1 aromatic heterocycles. The Hall–Kier alpha value is -2.83. The molecule has 0 saturated heterocycles. The van der Waals surface area contributed by atoms with E-state index in [2.05, 4.69) is 5.10 Å². The average molecular weight is 373 g/mol. The molecule has 1 aromatic carbocycles. The predicted octanol–water partition coefficient (Wildman–Crippen LogP) is 3.25. The minimum atomic E-state index is -1.06. The van der Waals surface area contributed by atoms with Crippen LogP contribution < -0.4 is 4.74 Å². The Balaban J connectivity index is 2.63. The molecular formula is C20H27N3O4. The van der Waals surface area contributed by atoms with Crippen LogP contribution >= 0.6 is 0 Å². The number of rotatable bonds is 6. The number of hydrogen-bond donors (Lipinski definition) is 1. The standard InChI is InChI=1S/C20H27N3O4/c1-7-27-16-11-9-8-10-14(16)17-15(12-23(21-17)20(3,4)5)18(24)22(6)13(2)19(25)26/h8-13H,7H2,1-6H3,(H,25,26). The summed E-state index contributed by atoms with van der Waals surface area (Å²) in [5.41, 5.74) is 1.17. The molecule has 0 spiro atoms. The smallest absolute Gasteiger partial charge is 0.326 e. The second kappa shape index (κ2) is 7.82. The van der Waals surface area contributed by atoms with E-state index in [1.807, 2.05) is 52.0 Å². The van der Waals surface area contributed by atoms with Gasteiger partial charge >= 0.3 is 5.97 Å². The summed E-state index contributed by atoms with van der Waals surface area (Å²) in [5.74, 6) is -0.839. The molecule has 146 valence electrons. The Bertz CT molecular complexity index is 836. The summed E-state index contributed by atoms with van der Waals surface area (Å²) in [6.07, 6.45) is 1.67. The fourth-order valence-electron chi connectivity index (χ4n) is 2.55. The van der Waals surface area contributed by atoms with E-state index in [1.165, 1.54) is 18.9 Å². The highest BCUT2D eigenvalue weighted by molar-refractivity contribution is 6.01. The average Bonchev–Trinajstić information content (AvgIpc) is 3.06. The third-order valence-electron chi connectivity index (χ3n) is 4.33. The molecule has 0 fully saturated rings. The zero-order valence-electron chi connectivity index (χ0n) is 16.7. The van der Waals surface area contributed by atoms with Gasteiger partial charge in [-0.2, -0.15) is 5.10 Å². The second-order valence-corrected chi connectivity index (χ2v) is 7.37. The van der Waals surface area contributed by atoms with Crippen molar-refractivity contribution in [3.8, 4) is 17.0 Å². The molecule has 0 radical (unpaired) electrons. The number of para-hydroxylation sites is 1. The number of carbonyl (C=O) groups is 2. The zero-order valence-corrected chi connectivity index (χ0v) is 16.7. The SMILES string of the molecule is CCOc1ccccc1-c1nn(C(C)(C)C)cc1C(=O)N(C)C(C)C(=O)O. The lowest BCUT2D eigenvalue weighted by molar-refractivity contribution is -0.141.